The lowest BCUT2D eigenvalue weighted by atomic mass is 10.1. The molecule has 0 radical (unpaired) electrons. The molecule has 0 amide bonds. The molecule has 1 heterocycles. The van der Waals surface area contributed by atoms with Crippen molar-refractivity contribution in [2.24, 2.45) is 0 Å². The van der Waals surface area contributed by atoms with Gasteiger partial charge in [0.2, 0.25) is 0 Å². The molecule has 1 aromatic carbocycles. The van der Waals surface area contributed by atoms with Crippen molar-refractivity contribution in [1.82, 2.24) is 4.98 Å². The molecule has 0 aliphatic carbocycles. The fraction of sp³-hybridized carbons (Fsp3) is 0.250. The molecule has 0 aliphatic heterocycles. The molecule has 0 atom stereocenters. The lowest BCUT2D eigenvalue weighted by molar-refractivity contribution is 0.101. The van der Waals surface area contributed by atoms with Gasteiger partial charge in [0.15, 0.2) is 5.78 Å². The highest BCUT2D eigenvalue weighted by atomic mass is 16.5. The Hall–Kier alpha value is -1.77. The first-order valence-corrected chi connectivity index (χ1v) is 4.81. The number of ether oxygens (including phenoxy) is 1. The molecule has 0 unspecified atom stereocenters. The molecule has 0 saturated carbocycles. The van der Waals surface area contributed by atoms with Crippen LogP contribution in [0.3, 0.4) is 0 Å². The number of fused-ring (bicyclic) bond motifs is 1. The highest BCUT2D eigenvalue weighted by Crippen LogP contribution is 2.29. The van der Waals surface area contributed by atoms with Crippen LogP contribution in [-0.2, 0) is 0 Å². The molecule has 0 spiro atoms. The molecule has 3 nitrogen and oxygen atoms in total. The standard InChI is InChI=1S/C12H13NO2/c1-7-9-5-4-6-10(15-3)12(9)13-11(7)8(2)14/h4-6,13H,1-3H3. The van der Waals surface area contributed by atoms with Gasteiger partial charge in [0.1, 0.15) is 5.75 Å². The minimum atomic E-state index is 0.0470. The Morgan fingerprint density at radius 2 is 2.13 bits per heavy atom. The smallest absolute Gasteiger partial charge is 0.176 e. The van der Waals surface area contributed by atoms with E-state index in [1.165, 1.54) is 0 Å². The van der Waals surface area contributed by atoms with Gasteiger partial charge in [-0.15, -0.1) is 0 Å². The fourth-order valence-corrected chi connectivity index (χ4v) is 1.85. The maximum atomic E-state index is 11.4. The predicted octanol–water partition coefficient (Wildman–Crippen LogP) is 2.69. The average Bonchev–Trinajstić information content (AvgIpc) is 2.56. The number of benzene rings is 1. The number of methoxy groups -OCH3 is 1. The Bertz CT molecular complexity index is 526. The first-order chi connectivity index (χ1) is 7.15. The Kier molecular flexibility index (Phi) is 2.23. The van der Waals surface area contributed by atoms with Crippen molar-refractivity contribution in [3.63, 3.8) is 0 Å². The highest BCUT2D eigenvalue weighted by Gasteiger charge is 2.13. The van der Waals surface area contributed by atoms with Crippen LogP contribution >= 0.6 is 0 Å². The van der Waals surface area contributed by atoms with Crippen LogP contribution in [0, 0.1) is 6.92 Å². The monoisotopic (exact) mass is 203 g/mol. The summed E-state index contributed by atoms with van der Waals surface area (Å²) in [7, 11) is 1.62. The maximum Gasteiger partial charge on any atom is 0.176 e. The molecule has 0 saturated heterocycles. The van der Waals surface area contributed by atoms with Gasteiger partial charge in [0, 0.05) is 12.3 Å². The molecule has 78 valence electrons. The molecule has 2 rings (SSSR count). The van der Waals surface area contributed by atoms with E-state index in [1.54, 1.807) is 14.0 Å². The number of aromatic amines is 1. The van der Waals surface area contributed by atoms with Gasteiger partial charge in [-0.3, -0.25) is 4.79 Å². The first kappa shape index (κ1) is 9.77. The lowest BCUT2D eigenvalue weighted by Gasteiger charge is -2.00. The van der Waals surface area contributed by atoms with E-state index in [0.717, 1.165) is 22.2 Å². The molecular formula is C12H13NO2. The van der Waals surface area contributed by atoms with Gasteiger partial charge < -0.3 is 9.72 Å². The second-order valence-corrected chi connectivity index (χ2v) is 3.56. The van der Waals surface area contributed by atoms with Crippen molar-refractivity contribution in [3.05, 3.63) is 29.5 Å². The Morgan fingerprint density at radius 3 is 2.73 bits per heavy atom. The van der Waals surface area contributed by atoms with Crippen molar-refractivity contribution < 1.29 is 9.53 Å². The van der Waals surface area contributed by atoms with Gasteiger partial charge >= 0.3 is 0 Å². The maximum absolute atomic E-state index is 11.4. The molecule has 3 heteroatoms. The van der Waals surface area contributed by atoms with E-state index < -0.39 is 0 Å². The number of para-hydroxylation sites is 1. The first-order valence-electron chi connectivity index (χ1n) is 4.81. The summed E-state index contributed by atoms with van der Waals surface area (Å²) in [6.07, 6.45) is 0. The van der Waals surface area contributed by atoms with Crippen molar-refractivity contribution >= 4 is 16.7 Å². The van der Waals surface area contributed by atoms with Gasteiger partial charge in [-0.25, -0.2) is 0 Å². The summed E-state index contributed by atoms with van der Waals surface area (Å²) in [6.45, 7) is 3.50. The summed E-state index contributed by atoms with van der Waals surface area (Å²) in [5.74, 6) is 0.814. The molecule has 0 aliphatic rings. The quantitative estimate of drug-likeness (QED) is 0.762. The Morgan fingerprint density at radius 1 is 1.40 bits per heavy atom. The normalized spacial score (nSPS) is 10.6. The van der Waals surface area contributed by atoms with E-state index in [-0.39, 0.29) is 5.78 Å². The number of carbonyl (C=O) groups excluding carboxylic acids is 1. The van der Waals surface area contributed by atoms with Crippen molar-refractivity contribution in [2.75, 3.05) is 7.11 Å². The van der Waals surface area contributed by atoms with Crippen molar-refractivity contribution in [1.29, 1.82) is 0 Å². The number of Topliss-reactive ketones (excluding diaryl/α,β-unsaturated/α-hetero) is 1. The third-order valence-electron chi connectivity index (χ3n) is 2.63. The van der Waals surface area contributed by atoms with E-state index in [4.69, 9.17) is 4.74 Å². The molecule has 0 fully saturated rings. The number of hydrogen-bond acceptors (Lipinski definition) is 2. The van der Waals surface area contributed by atoms with Gasteiger partial charge in [0.25, 0.3) is 0 Å². The zero-order valence-electron chi connectivity index (χ0n) is 9.05. The summed E-state index contributed by atoms with van der Waals surface area (Å²) in [4.78, 5) is 14.5. The molecule has 1 N–H and O–H groups in total. The number of aromatic nitrogens is 1. The van der Waals surface area contributed by atoms with Crippen LogP contribution in [0.2, 0.25) is 0 Å². The molecule has 1 aromatic heterocycles. The number of nitrogens with one attached hydrogen (secondary N) is 1. The molecule has 2 aromatic rings. The van der Waals surface area contributed by atoms with Gasteiger partial charge in [0.05, 0.1) is 18.3 Å². The number of carbonyl (C=O) groups is 1. The highest BCUT2D eigenvalue weighted by molar-refractivity contribution is 6.02. The zero-order chi connectivity index (χ0) is 11.0. The second kappa shape index (κ2) is 3.42. The number of aryl methyl sites for hydroxylation is 1. The Labute approximate surface area is 88.1 Å². The minimum Gasteiger partial charge on any atom is -0.495 e. The summed E-state index contributed by atoms with van der Waals surface area (Å²) in [5.41, 5.74) is 2.54. The van der Waals surface area contributed by atoms with E-state index in [9.17, 15) is 4.79 Å². The number of ketones is 1. The van der Waals surface area contributed by atoms with Crippen molar-refractivity contribution in [3.8, 4) is 5.75 Å². The lowest BCUT2D eigenvalue weighted by Crippen LogP contribution is -1.93. The average molecular weight is 203 g/mol. The third-order valence-corrected chi connectivity index (χ3v) is 2.63. The summed E-state index contributed by atoms with van der Waals surface area (Å²) in [5, 5.41) is 1.04. The zero-order valence-corrected chi connectivity index (χ0v) is 9.05. The van der Waals surface area contributed by atoms with E-state index in [0.29, 0.717) is 5.69 Å². The summed E-state index contributed by atoms with van der Waals surface area (Å²) >= 11 is 0. The van der Waals surface area contributed by atoms with E-state index >= 15 is 0 Å². The topological polar surface area (TPSA) is 42.1 Å². The largest absolute Gasteiger partial charge is 0.495 e. The summed E-state index contributed by atoms with van der Waals surface area (Å²) < 4.78 is 5.23. The third kappa shape index (κ3) is 1.40. The number of hydrogen-bond donors (Lipinski definition) is 1. The van der Waals surface area contributed by atoms with Crippen LogP contribution in [0.25, 0.3) is 10.9 Å². The van der Waals surface area contributed by atoms with E-state index in [2.05, 4.69) is 4.98 Å². The van der Waals surface area contributed by atoms with Crippen LogP contribution in [0.5, 0.6) is 5.75 Å². The van der Waals surface area contributed by atoms with Crippen LogP contribution in [0.4, 0.5) is 0 Å². The van der Waals surface area contributed by atoms with Crippen molar-refractivity contribution in [2.45, 2.75) is 13.8 Å². The molecular weight excluding hydrogens is 190 g/mol. The van der Waals surface area contributed by atoms with Crippen LogP contribution in [0.15, 0.2) is 18.2 Å². The van der Waals surface area contributed by atoms with E-state index in [1.807, 2.05) is 25.1 Å². The SMILES string of the molecule is COc1cccc2c(C)c(C(C)=O)[nH]c12. The molecule has 15 heavy (non-hydrogen) atoms. The second-order valence-electron chi connectivity index (χ2n) is 3.56. The Balaban J connectivity index is 2.81. The number of H-pyrrole nitrogens is 1. The summed E-state index contributed by atoms with van der Waals surface area (Å²) in [6, 6.07) is 5.78. The predicted molar refractivity (Wildman–Crippen MR) is 59.6 cm³/mol. The van der Waals surface area contributed by atoms with Crippen LogP contribution in [-0.4, -0.2) is 17.9 Å². The number of rotatable bonds is 2. The van der Waals surface area contributed by atoms with Gasteiger partial charge in [-0.2, -0.15) is 0 Å². The van der Waals surface area contributed by atoms with Crippen LogP contribution < -0.4 is 4.74 Å². The minimum absolute atomic E-state index is 0.0470. The van der Waals surface area contributed by atoms with Gasteiger partial charge in [-0.05, 0) is 18.6 Å². The van der Waals surface area contributed by atoms with Gasteiger partial charge in [-0.1, -0.05) is 12.1 Å². The fourth-order valence-electron chi connectivity index (χ4n) is 1.85. The molecule has 0 bridgehead atoms. The van der Waals surface area contributed by atoms with Crippen LogP contribution in [0.1, 0.15) is 23.0 Å².